The summed E-state index contributed by atoms with van der Waals surface area (Å²) < 4.78 is 17.5. The number of aromatic nitrogens is 3. The summed E-state index contributed by atoms with van der Waals surface area (Å²) in [5.41, 5.74) is 2.96. The fourth-order valence-corrected chi connectivity index (χ4v) is 4.44. The second kappa shape index (κ2) is 10.2. The molecule has 2 aromatic heterocycles. The molecule has 1 aliphatic heterocycles. The molecule has 0 spiro atoms. The average molecular weight is 505 g/mol. The van der Waals surface area contributed by atoms with E-state index in [0.29, 0.717) is 29.4 Å². The van der Waals surface area contributed by atoms with Crippen LogP contribution < -0.4 is 9.47 Å². The van der Waals surface area contributed by atoms with E-state index in [1.54, 1.807) is 25.3 Å². The Morgan fingerprint density at radius 3 is 2.71 bits per heavy atom. The van der Waals surface area contributed by atoms with Crippen molar-refractivity contribution in [1.29, 1.82) is 0 Å². The zero-order chi connectivity index (χ0) is 22.9. The number of benzene rings is 2. The molecule has 34 heavy (non-hydrogen) atoms. The number of pyridine rings is 1. The van der Waals surface area contributed by atoms with Gasteiger partial charge in [-0.2, -0.15) is 5.10 Å². The van der Waals surface area contributed by atoms with Crippen molar-refractivity contribution in [2.24, 2.45) is 0 Å². The van der Waals surface area contributed by atoms with Crippen LogP contribution in [0.1, 0.15) is 5.69 Å². The van der Waals surface area contributed by atoms with Gasteiger partial charge < -0.3 is 19.3 Å². The summed E-state index contributed by atoms with van der Waals surface area (Å²) in [5.74, 6) is 1.33. The highest BCUT2D eigenvalue weighted by Crippen LogP contribution is 2.44. The lowest BCUT2D eigenvalue weighted by molar-refractivity contribution is 0.0322. The van der Waals surface area contributed by atoms with Crippen molar-refractivity contribution < 1.29 is 19.3 Å². The summed E-state index contributed by atoms with van der Waals surface area (Å²) in [4.78, 5) is 7.16. The van der Waals surface area contributed by atoms with Gasteiger partial charge in [-0.25, -0.2) is 4.98 Å². The van der Waals surface area contributed by atoms with E-state index in [1.165, 1.54) is 0 Å². The monoisotopic (exact) mass is 504 g/mol. The predicted octanol–water partition coefficient (Wildman–Crippen LogP) is 4.59. The molecule has 1 fully saturated rings. The summed E-state index contributed by atoms with van der Waals surface area (Å²) >= 11 is 6.20. The number of hydrogen-bond donors (Lipinski definition) is 2. The Bertz CT molecular complexity index is 1320. The number of H-pyrrole nitrogens is 1. The van der Waals surface area contributed by atoms with Crippen LogP contribution in [0, 0.1) is 6.92 Å². The van der Waals surface area contributed by atoms with Crippen molar-refractivity contribution >= 4 is 45.8 Å². The fraction of sp³-hybridized carbons (Fsp3) is 0.333. The molecule has 2 N–H and O–H groups in total. The maximum Gasteiger partial charge on any atom is 0.169 e. The van der Waals surface area contributed by atoms with Gasteiger partial charge in [0.15, 0.2) is 17.1 Å². The molecule has 4 aromatic rings. The number of phenolic OH excluding ortho intramolecular Hbond substituents is 1. The number of methoxy groups -OCH3 is 1. The first-order chi connectivity index (χ1) is 16.1. The first kappa shape index (κ1) is 24.3. The zero-order valence-corrected chi connectivity index (χ0v) is 20.5. The normalized spacial score (nSPS) is 14.3. The first-order valence-electron chi connectivity index (χ1n) is 10.8. The van der Waals surface area contributed by atoms with E-state index < -0.39 is 0 Å². The van der Waals surface area contributed by atoms with Gasteiger partial charge in [-0.3, -0.25) is 10.00 Å². The molecule has 0 amide bonds. The van der Waals surface area contributed by atoms with Crippen LogP contribution in [0.2, 0.25) is 5.02 Å². The van der Waals surface area contributed by atoms with Gasteiger partial charge in [0.05, 0.1) is 42.1 Å². The molecule has 8 nitrogen and oxygen atoms in total. The van der Waals surface area contributed by atoms with Crippen LogP contribution in [-0.4, -0.2) is 71.8 Å². The Morgan fingerprint density at radius 2 is 1.97 bits per heavy atom. The second-order valence-electron chi connectivity index (χ2n) is 7.98. The molecule has 0 bridgehead atoms. The van der Waals surface area contributed by atoms with Gasteiger partial charge in [0.2, 0.25) is 0 Å². The molecule has 0 radical (unpaired) electrons. The predicted molar refractivity (Wildman–Crippen MR) is 135 cm³/mol. The number of aromatic hydroxyl groups is 1. The Kier molecular flexibility index (Phi) is 7.33. The topological polar surface area (TPSA) is 92.7 Å². The Hall–Kier alpha value is -2.78. The molecule has 2 aromatic carbocycles. The fourth-order valence-electron chi connectivity index (χ4n) is 4.26. The van der Waals surface area contributed by atoms with Crippen molar-refractivity contribution in [3.8, 4) is 28.5 Å². The van der Waals surface area contributed by atoms with Gasteiger partial charge in [0, 0.05) is 36.0 Å². The van der Waals surface area contributed by atoms with Crippen molar-refractivity contribution in [1.82, 2.24) is 20.1 Å². The number of aryl methyl sites for hydroxylation is 1. The first-order valence-corrected chi connectivity index (χ1v) is 11.2. The number of rotatable bonds is 6. The second-order valence-corrected chi connectivity index (χ2v) is 8.39. The number of fused-ring (bicyclic) bond motifs is 3. The largest absolute Gasteiger partial charge is 0.506 e. The number of nitrogens with zero attached hydrogens (tertiary/aromatic N) is 3. The number of aromatic amines is 1. The number of hydrogen-bond acceptors (Lipinski definition) is 7. The highest BCUT2D eigenvalue weighted by atomic mass is 35.5. The minimum absolute atomic E-state index is 0. The third kappa shape index (κ3) is 4.46. The molecule has 1 aliphatic rings. The summed E-state index contributed by atoms with van der Waals surface area (Å²) in [6, 6.07) is 8.92. The number of phenols is 1. The highest BCUT2D eigenvalue weighted by molar-refractivity contribution is 6.32. The third-order valence-corrected chi connectivity index (χ3v) is 6.28. The average Bonchev–Trinajstić information content (AvgIpc) is 3.21. The Morgan fingerprint density at radius 1 is 1.18 bits per heavy atom. The highest BCUT2D eigenvalue weighted by Gasteiger charge is 2.21. The minimum atomic E-state index is 0. The van der Waals surface area contributed by atoms with E-state index in [-0.39, 0.29) is 23.2 Å². The van der Waals surface area contributed by atoms with E-state index in [0.717, 1.165) is 60.3 Å². The lowest BCUT2D eigenvalue weighted by Gasteiger charge is -2.26. The van der Waals surface area contributed by atoms with E-state index >= 15 is 0 Å². The van der Waals surface area contributed by atoms with Crippen LogP contribution in [0.5, 0.6) is 17.2 Å². The van der Waals surface area contributed by atoms with Crippen molar-refractivity contribution in [2.45, 2.75) is 6.92 Å². The van der Waals surface area contributed by atoms with Crippen molar-refractivity contribution in [3.63, 3.8) is 0 Å². The maximum absolute atomic E-state index is 9.88. The standard InChI is InChI=1S/C24H25ClN4O4.ClH/c1-14-20-21-16(22(26-24(20)28-27-14)15-3-5-18(30)17(25)13-15)4-6-19(31-2)23(21)33-12-9-29-7-10-32-11-8-29;/h3-6,13,30H,7-12H2,1-2H3,(H,26,27,28);1H. The Balaban J connectivity index is 0.00000274. The van der Waals surface area contributed by atoms with Crippen molar-refractivity contribution in [2.75, 3.05) is 46.6 Å². The quantitative estimate of drug-likeness (QED) is 0.396. The lowest BCUT2D eigenvalue weighted by Crippen LogP contribution is -2.38. The maximum atomic E-state index is 9.88. The van der Waals surface area contributed by atoms with Gasteiger partial charge in [-0.15, -0.1) is 12.4 Å². The van der Waals surface area contributed by atoms with Crippen LogP contribution in [0.4, 0.5) is 0 Å². The van der Waals surface area contributed by atoms with Crippen LogP contribution >= 0.6 is 24.0 Å². The van der Waals surface area contributed by atoms with Crippen LogP contribution in [0.3, 0.4) is 0 Å². The molecule has 0 aliphatic carbocycles. The van der Waals surface area contributed by atoms with Gasteiger partial charge in [0.1, 0.15) is 12.4 Å². The molecule has 3 heterocycles. The van der Waals surface area contributed by atoms with E-state index in [9.17, 15) is 5.11 Å². The van der Waals surface area contributed by atoms with Gasteiger partial charge in [-0.05, 0) is 37.3 Å². The van der Waals surface area contributed by atoms with Crippen LogP contribution in [0.25, 0.3) is 33.1 Å². The summed E-state index contributed by atoms with van der Waals surface area (Å²) in [6.07, 6.45) is 0. The summed E-state index contributed by atoms with van der Waals surface area (Å²) in [7, 11) is 1.64. The number of halogens is 2. The van der Waals surface area contributed by atoms with Gasteiger partial charge in [-0.1, -0.05) is 11.6 Å². The van der Waals surface area contributed by atoms with Crippen molar-refractivity contribution in [3.05, 3.63) is 41.0 Å². The minimum Gasteiger partial charge on any atom is -0.506 e. The van der Waals surface area contributed by atoms with Gasteiger partial charge >= 0.3 is 0 Å². The lowest BCUT2D eigenvalue weighted by atomic mass is 9.99. The molecule has 0 unspecified atom stereocenters. The molecule has 180 valence electrons. The van der Waals surface area contributed by atoms with Gasteiger partial charge in [0.25, 0.3) is 0 Å². The Labute approximate surface area is 208 Å². The number of nitrogens with one attached hydrogen (secondary N) is 1. The number of ether oxygens (including phenoxy) is 3. The van der Waals surface area contributed by atoms with Crippen LogP contribution in [0.15, 0.2) is 30.3 Å². The molecule has 10 heteroatoms. The number of morpholine rings is 1. The molecular weight excluding hydrogens is 479 g/mol. The summed E-state index contributed by atoms with van der Waals surface area (Å²) in [5, 5.41) is 20.2. The van der Waals surface area contributed by atoms with Crippen LogP contribution in [-0.2, 0) is 4.74 Å². The molecule has 0 saturated carbocycles. The molecular formula is C24H26Cl2N4O4. The summed E-state index contributed by atoms with van der Waals surface area (Å²) in [6.45, 7) is 6.54. The van der Waals surface area contributed by atoms with E-state index in [4.69, 9.17) is 30.8 Å². The molecule has 5 rings (SSSR count). The molecule has 1 saturated heterocycles. The zero-order valence-electron chi connectivity index (χ0n) is 18.9. The smallest absolute Gasteiger partial charge is 0.169 e. The SMILES string of the molecule is COc1ccc2c(-c3ccc(O)c(Cl)c3)nc3[nH]nc(C)c3c2c1OCCN1CCOCC1.Cl. The molecule has 0 atom stereocenters. The third-order valence-electron chi connectivity index (χ3n) is 5.98. The van der Waals surface area contributed by atoms with E-state index in [1.807, 2.05) is 19.1 Å². The van der Waals surface area contributed by atoms with E-state index in [2.05, 4.69) is 15.1 Å².